The molecule has 0 amide bonds. The summed E-state index contributed by atoms with van der Waals surface area (Å²) in [5.74, 6) is 0. The number of alkyl halides is 3. The van der Waals surface area contributed by atoms with E-state index in [0.717, 1.165) is 6.07 Å². The number of hydrogen-bond acceptors (Lipinski definition) is 2. The second-order valence-corrected chi connectivity index (χ2v) is 3.76. The Labute approximate surface area is 101 Å². The van der Waals surface area contributed by atoms with Gasteiger partial charge in [0.15, 0.2) is 0 Å². The standard InChI is InChI=1S/C12H9F3N2O/c1-17-11(4-5-16-17)9-3-2-8(7-18)6-10(9)12(13,14)15/h2-7H,1H3. The van der Waals surface area contributed by atoms with E-state index in [1.807, 2.05) is 0 Å². The van der Waals surface area contributed by atoms with Crippen molar-refractivity contribution >= 4 is 6.29 Å². The predicted molar refractivity (Wildman–Crippen MR) is 59.0 cm³/mol. The first-order valence-electron chi connectivity index (χ1n) is 5.08. The minimum Gasteiger partial charge on any atom is -0.298 e. The van der Waals surface area contributed by atoms with Crippen LogP contribution >= 0.6 is 0 Å². The molecule has 94 valence electrons. The van der Waals surface area contributed by atoms with Crippen LogP contribution in [-0.4, -0.2) is 16.1 Å². The van der Waals surface area contributed by atoms with Gasteiger partial charge in [-0.2, -0.15) is 18.3 Å². The van der Waals surface area contributed by atoms with E-state index in [0.29, 0.717) is 12.0 Å². The quantitative estimate of drug-likeness (QED) is 0.772. The van der Waals surface area contributed by atoms with Gasteiger partial charge in [0.2, 0.25) is 0 Å². The van der Waals surface area contributed by atoms with Crippen molar-refractivity contribution in [3.8, 4) is 11.3 Å². The topological polar surface area (TPSA) is 34.9 Å². The maximum absolute atomic E-state index is 12.9. The van der Waals surface area contributed by atoms with Crippen LogP contribution in [0.3, 0.4) is 0 Å². The summed E-state index contributed by atoms with van der Waals surface area (Å²) < 4.78 is 40.2. The highest BCUT2D eigenvalue weighted by Gasteiger charge is 2.34. The summed E-state index contributed by atoms with van der Waals surface area (Å²) in [6.07, 6.45) is -2.70. The molecule has 0 aliphatic heterocycles. The van der Waals surface area contributed by atoms with Crippen molar-refractivity contribution in [3.05, 3.63) is 41.6 Å². The van der Waals surface area contributed by atoms with E-state index in [1.165, 1.54) is 29.1 Å². The molecule has 0 radical (unpaired) electrons. The molecule has 1 heterocycles. The fraction of sp³-hybridized carbons (Fsp3) is 0.167. The van der Waals surface area contributed by atoms with Crippen LogP contribution in [0, 0.1) is 0 Å². The Balaban J connectivity index is 2.68. The molecule has 1 aromatic heterocycles. The SMILES string of the molecule is Cn1nccc1-c1ccc(C=O)cc1C(F)(F)F. The van der Waals surface area contributed by atoms with Crippen molar-refractivity contribution in [3.63, 3.8) is 0 Å². The second kappa shape index (κ2) is 4.29. The number of aldehydes is 1. The molecule has 18 heavy (non-hydrogen) atoms. The second-order valence-electron chi connectivity index (χ2n) is 3.76. The molecule has 0 aliphatic carbocycles. The van der Waals surface area contributed by atoms with Gasteiger partial charge in [0, 0.05) is 24.4 Å². The van der Waals surface area contributed by atoms with Gasteiger partial charge in [-0.15, -0.1) is 0 Å². The molecule has 0 saturated carbocycles. The summed E-state index contributed by atoms with van der Waals surface area (Å²) in [5.41, 5.74) is -0.489. The average Bonchev–Trinajstić information content (AvgIpc) is 2.73. The van der Waals surface area contributed by atoms with Crippen LogP contribution in [0.15, 0.2) is 30.5 Å². The molecule has 1 aromatic carbocycles. The lowest BCUT2D eigenvalue weighted by Crippen LogP contribution is -2.09. The number of carbonyl (C=O) groups is 1. The molecule has 0 atom stereocenters. The number of nitrogens with zero attached hydrogens (tertiary/aromatic N) is 2. The van der Waals surface area contributed by atoms with Gasteiger partial charge in [0.05, 0.1) is 11.3 Å². The van der Waals surface area contributed by atoms with Crippen LogP contribution in [0.25, 0.3) is 11.3 Å². The van der Waals surface area contributed by atoms with E-state index < -0.39 is 11.7 Å². The first-order valence-corrected chi connectivity index (χ1v) is 5.08. The van der Waals surface area contributed by atoms with E-state index in [9.17, 15) is 18.0 Å². The molecule has 3 nitrogen and oxygen atoms in total. The smallest absolute Gasteiger partial charge is 0.298 e. The molecule has 2 aromatic rings. The Morgan fingerprint density at radius 1 is 1.28 bits per heavy atom. The molecule has 2 rings (SSSR count). The highest BCUT2D eigenvalue weighted by atomic mass is 19.4. The summed E-state index contributed by atoms with van der Waals surface area (Å²) in [6, 6.07) is 4.97. The fourth-order valence-electron chi connectivity index (χ4n) is 1.73. The Hall–Kier alpha value is -2.11. The molecule has 0 aliphatic rings. The third kappa shape index (κ3) is 2.13. The van der Waals surface area contributed by atoms with E-state index >= 15 is 0 Å². The number of aromatic nitrogens is 2. The summed E-state index contributed by atoms with van der Waals surface area (Å²) >= 11 is 0. The predicted octanol–water partition coefficient (Wildman–Crippen LogP) is 2.92. The lowest BCUT2D eigenvalue weighted by Gasteiger charge is -2.13. The van der Waals surface area contributed by atoms with Crippen LogP contribution in [0.1, 0.15) is 15.9 Å². The van der Waals surface area contributed by atoms with Gasteiger partial charge in [-0.25, -0.2) is 0 Å². The van der Waals surface area contributed by atoms with E-state index in [-0.39, 0.29) is 11.1 Å². The number of halogens is 3. The van der Waals surface area contributed by atoms with Crippen molar-refractivity contribution in [2.75, 3.05) is 0 Å². The van der Waals surface area contributed by atoms with E-state index in [1.54, 1.807) is 7.05 Å². The van der Waals surface area contributed by atoms with Crippen LogP contribution < -0.4 is 0 Å². The van der Waals surface area contributed by atoms with Gasteiger partial charge in [-0.05, 0) is 12.1 Å². The number of aryl methyl sites for hydroxylation is 1. The zero-order valence-corrected chi connectivity index (χ0v) is 9.40. The molecule has 0 unspecified atom stereocenters. The zero-order chi connectivity index (χ0) is 13.3. The van der Waals surface area contributed by atoms with Gasteiger partial charge in [0.25, 0.3) is 0 Å². The Bertz CT molecular complexity index is 587. The number of rotatable bonds is 2. The van der Waals surface area contributed by atoms with E-state index in [4.69, 9.17) is 0 Å². The lowest BCUT2D eigenvalue weighted by atomic mass is 10.0. The van der Waals surface area contributed by atoms with Crippen LogP contribution in [0.5, 0.6) is 0 Å². The van der Waals surface area contributed by atoms with Gasteiger partial charge in [0.1, 0.15) is 6.29 Å². The van der Waals surface area contributed by atoms with Crippen LogP contribution in [-0.2, 0) is 13.2 Å². The van der Waals surface area contributed by atoms with Crippen molar-refractivity contribution < 1.29 is 18.0 Å². The van der Waals surface area contributed by atoms with Crippen molar-refractivity contribution in [2.24, 2.45) is 7.05 Å². The molecule has 0 spiro atoms. The molecule has 0 saturated heterocycles. The summed E-state index contributed by atoms with van der Waals surface area (Å²) in [6.45, 7) is 0. The minimum absolute atomic E-state index is 0.00626. The monoisotopic (exact) mass is 254 g/mol. The third-order valence-electron chi connectivity index (χ3n) is 2.58. The zero-order valence-electron chi connectivity index (χ0n) is 9.40. The maximum atomic E-state index is 12.9. The minimum atomic E-state index is -4.52. The molecule has 6 heteroatoms. The Kier molecular flexibility index (Phi) is 2.94. The molecule has 0 N–H and O–H groups in total. The Morgan fingerprint density at radius 3 is 2.50 bits per heavy atom. The first-order chi connectivity index (χ1) is 8.43. The van der Waals surface area contributed by atoms with Gasteiger partial charge < -0.3 is 0 Å². The lowest BCUT2D eigenvalue weighted by molar-refractivity contribution is -0.137. The average molecular weight is 254 g/mol. The van der Waals surface area contributed by atoms with Crippen LogP contribution in [0.2, 0.25) is 0 Å². The third-order valence-corrected chi connectivity index (χ3v) is 2.58. The number of benzene rings is 1. The Morgan fingerprint density at radius 2 is 2.00 bits per heavy atom. The summed E-state index contributed by atoms with van der Waals surface area (Å²) in [7, 11) is 1.56. The molecule has 0 fully saturated rings. The normalized spacial score (nSPS) is 11.6. The highest BCUT2D eigenvalue weighted by molar-refractivity contribution is 5.78. The molecular formula is C12H9F3N2O. The van der Waals surface area contributed by atoms with Crippen molar-refractivity contribution in [1.82, 2.24) is 9.78 Å². The number of hydrogen-bond donors (Lipinski definition) is 0. The van der Waals surface area contributed by atoms with Gasteiger partial charge in [-0.1, -0.05) is 12.1 Å². The van der Waals surface area contributed by atoms with Crippen LogP contribution in [0.4, 0.5) is 13.2 Å². The summed E-state index contributed by atoms with van der Waals surface area (Å²) in [5, 5.41) is 3.84. The largest absolute Gasteiger partial charge is 0.417 e. The maximum Gasteiger partial charge on any atom is 0.417 e. The van der Waals surface area contributed by atoms with E-state index in [2.05, 4.69) is 5.10 Å². The molecule has 0 bridgehead atoms. The van der Waals surface area contributed by atoms with Gasteiger partial charge in [-0.3, -0.25) is 9.48 Å². The van der Waals surface area contributed by atoms with Gasteiger partial charge >= 0.3 is 6.18 Å². The molecular weight excluding hydrogens is 245 g/mol. The summed E-state index contributed by atoms with van der Waals surface area (Å²) in [4.78, 5) is 10.6. The highest BCUT2D eigenvalue weighted by Crippen LogP contribution is 2.37. The van der Waals surface area contributed by atoms with Crippen molar-refractivity contribution in [1.29, 1.82) is 0 Å². The first kappa shape index (κ1) is 12.3. The van der Waals surface area contributed by atoms with Crippen molar-refractivity contribution in [2.45, 2.75) is 6.18 Å². The number of carbonyl (C=O) groups excluding carboxylic acids is 1. The fourth-order valence-corrected chi connectivity index (χ4v) is 1.73.